The van der Waals surface area contributed by atoms with Crippen LogP contribution in [-0.4, -0.2) is 39.6 Å². The molecule has 0 amide bonds. The molecule has 0 spiro atoms. The predicted molar refractivity (Wildman–Crippen MR) is 166 cm³/mol. The Labute approximate surface area is 240 Å². The number of aliphatic hydroxyl groups is 1. The molecule has 0 atom stereocenters. The van der Waals surface area contributed by atoms with Gasteiger partial charge in [-0.25, -0.2) is 9.97 Å². The monoisotopic (exact) mass is 592 g/mol. The standard InChI is InChI=1S/C11H9BrN2O.C9H17BN2O2.C4H10.C3H8.C2H6/c12-10-5-13-11(14-6-10)9-3-1-2-8(4-9)7-15;1-8(2)9(3,4)14-10(13-8)7(5-11)6-12;1-4(2)3;1-3-2;1-2/h1-6,15H,7H2;5-6,11H,12H2,1-4H3;4H,1-3H3;3H2,1-2H3;1-2H3/b;7-6+,11-5?;;;. The average molecular weight is 593 g/mol. The number of nitrogens with zero attached hydrogens (tertiary/aromatic N) is 2. The van der Waals surface area contributed by atoms with Crippen molar-refractivity contribution in [2.24, 2.45) is 11.7 Å². The van der Waals surface area contributed by atoms with Crippen LogP contribution in [0.3, 0.4) is 0 Å². The van der Waals surface area contributed by atoms with Crippen LogP contribution >= 0.6 is 15.9 Å². The number of aromatic nitrogens is 2. The molecule has 214 valence electrons. The summed E-state index contributed by atoms with van der Waals surface area (Å²) < 4.78 is 12.2. The zero-order chi connectivity index (χ0) is 29.9. The van der Waals surface area contributed by atoms with E-state index in [-0.39, 0.29) is 17.8 Å². The van der Waals surface area contributed by atoms with E-state index in [0.29, 0.717) is 11.3 Å². The smallest absolute Gasteiger partial charge is 0.405 e. The van der Waals surface area contributed by atoms with Gasteiger partial charge in [-0.2, -0.15) is 0 Å². The fourth-order valence-electron chi connectivity index (χ4n) is 2.44. The Balaban J connectivity index is 0. The van der Waals surface area contributed by atoms with Crippen LogP contribution in [0, 0.1) is 11.3 Å². The molecule has 2 aromatic rings. The van der Waals surface area contributed by atoms with E-state index in [9.17, 15) is 0 Å². The summed E-state index contributed by atoms with van der Waals surface area (Å²) in [5, 5.41) is 16.2. The lowest BCUT2D eigenvalue weighted by atomic mass is 9.79. The average Bonchev–Trinajstić information content (AvgIpc) is 3.08. The first kappa shape index (κ1) is 38.1. The SMILES string of the molecule is CC.CC(C)C.CC1(C)OB(/C(C=N)=C/N)OC1(C)C.CCC.OCc1cccc(-c2ncc(Br)cn2)c1. The number of benzene rings is 1. The molecule has 3 rings (SSSR count). The van der Waals surface area contributed by atoms with Crippen molar-refractivity contribution >= 4 is 29.3 Å². The van der Waals surface area contributed by atoms with E-state index in [1.165, 1.54) is 12.6 Å². The van der Waals surface area contributed by atoms with E-state index in [1.807, 2.05) is 65.8 Å². The molecule has 1 aliphatic heterocycles. The Kier molecular flexibility index (Phi) is 20.0. The second-order valence-corrected chi connectivity index (χ2v) is 10.8. The topological polar surface area (TPSA) is 114 Å². The van der Waals surface area contributed by atoms with Gasteiger partial charge in [0.2, 0.25) is 0 Å². The zero-order valence-corrected chi connectivity index (χ0v) is 26.9. The van der Waals surface area contributed by atoms with Gasteiger partial charge in [-0.1, -0.05) is 73.1 Å². The van der Waals surface area contributed by atoms with Crippen LogP contribution in [0.25, 0.3) is 11.4 Å². The van der Waals surface area contributed by atoms with Crippen LogP contribution in [0.2, 0.25) is 0 Å². The Bertz CT molecular complexity index is 917. The molecule has 1 aromatic carbocycles. The summed E-state index contributed by atoms with van der Waals surface area (Å²) >= 11 is 3.28. The molecule has 38 heavy (non-hydrogen) atoms. The van der Waals surface area contributed by atoms with Crippen molar-refractivity contribution in [2.45, 2.75) is 100 Å². The van der Waals surface area contributed by atoms with Gasteiger partial charge in [0.1, 0.15) is 0 Å². The maximum atomic E-state index is 9.00. The summed E-state index contributed by atoms with van der Waals surface area (Å²) in [5.41, 5.74) is 6.92. The molecule has 1 aliphatic rings. The highest BCUT2D eigenvalue weighted by Gasteiger charge is 2.52. The van der Waals surface area contributed by atoms with Crippen LogP contribution < -0.4 is 5.73 Å². The van der Waals surface area contributed by atoms with E-state index in [4.69, 9.17) is 25.6 Å². The molecule has 7 nitrogen and oxygen atoms in total. The van der Waals surface area contributed by atoms with Gasteiger partial charge in [-0.15, -0.1) is 0 Å². The number of hydrogen-bond acceptors (Lipinski definition) is 7. The fraction of sp³-hybridized carbons (Fsp3) is 0.552. The molecule has 0 saturated carbocycles. The van der Waals surface area contributed by atoms with Gasteiger partial charge in [0, 0.05) is 29.6 Å². The first-order chi connectivity index (χ1) is 17.8. The van der Waals surface area contributed by atoms with E-state index < -0.39 is 7.12 Å². The van der Waals surface area contributed by atoms with Crippen molar-refractivity contribution in [3.8, 4) is 11.4 Å². The minimum atomic E-state index is -0.525. The predicted octanol–water partition coefficient (Wildman–Crippen LogP) is 7.61. The van der Waals surface area contributed by atoms with E-state index in [2.05, 4.69) is 60.5 Å². The van der Waals surface area contributed by atoms with Crippen LogP contribution in [-0.2, 0) is 15.9 Å². The lowest BCUT2D eigenvalue weighted by molar-refractivity contribution is 0.00578. The van der Waals surface area contributed by atoms with E-state index in [1.54, 1.807) is 12.4 Å². The van der Waals surface area contributed by atoms with Crippen molar-refractivity contribution in [3.63, 3.8) is 0 Å². The first-order valence-corrected chi connectivity index (χ1v) is 14.0. The first-order valence-electron chi connectivity index (χ1n) is 13.2. The minimum Gasteiger partial charge on any atom is -0.405 e. The second-order valence-electron chi connectivity index (χ2n) is 9.92. The zero-order valence-electron chi connectivity index (χ0n) is 25.3. The highest BCUT2D eigenvalue weighted by atomic mass is 79.9. The summed E-state index contributed by atoms with van der Waals surface area (Å²) in [4.78, 5) is 8.37. The van der Waals surface area contributed by atoms with Crippen molar-refractivity contribution in [1.29, 1.82) is 5.41 Å². The Hall–Kier alpha value is -2.07. The number of aliphatic hydroxyl groups excluding tert-OH is 1. The highest BCUT2D eigenvalue weighted by Crippen LogP contribution is 2.38. The van der Waals surface area contributed by atoms with Crippen molar-refractivity contribution in [2.75, 3.05) is 0 Å². The molecule has 1 saturated heterocycles. The molecule has 2 heterocycles. The quantitative estimate of drug-likeness (QED) is 0.248. The number of nitrogens with one attached hydrogen (secondary N) is 1. The summed E-state index contributed by atoms with van der Waals surface area (Å²) in [6, 6.07) is 7.54. The molecular weight excluding hydrogens is 543 g/mol. The van der Waals surface area contributed by atoms with Crippen LogP contribution in [0.1, 0.15) is 88.1 Å². The van der Waals surface area contributed by atoms with Crippen LogP contribution in [0.4, 0.5) is 0 Å². The number of nitrogens with two attached hydrogens (primary N) is 1. The van der Waals surface area contributed by atoms with Gasteiger partial charge in [-0.3, -0.25) is 0 Å². The third-order valence-corrected chi connectivity index (χ3v) is 5.28. The largest absolute Gasteiger partial charge is 0.497 e. The van der Waals surface area contributed by atoms with Crippen molar-refractivity contribution in [3.05, 3.63) is 58.4 Å². The van der Waals surface area contributed by atoms with E-state index in [0.717, 1.165) is 27.7 Å². The summed E-state index contributed by atoms with van der Waals surface area (Å²) in [6.45, 7) is 22.6. The summed E-state index contributed by atoms with van der Waals surface area (Å²) in [7, 11) is -0.525. The molecule has 0 aliphatic carbocycles. The Morgan fingerprint density at radius 2 is 1.53 bits per heavy atom. The molecule has 0 radical (unpaired) electrons. The minimum absolute atomic E-state index is 0.0321. The second kappa shape index (κ2) is 19.9. The maximum Gasteiger partial charge on any atom is 0.497 e. The third kappa shape index (κ3) is 14.2. The van der Waals surface area contributed by atoms with Gasteiger partial charge in [0.15, 0.2) is 5.82 Å². The van der Waals surface area contributed by atoms with Gasteiger partial charge in [0.05, 0.1) is 22.3 Å². The van der Waals surface area contributed by atoms with Gasteiger partial charge >= 0.3 is 7.12 Å². The van der Waals surface area contributed by atoms with Crippen molar-refractivity contribution < 1.29 is 14.4 Å². The Morgan fingerprint density at radius 3 is 1.89 bits per heavy atom. The number of hydrogen-bond donors (Lipinski definition) is 3. The van der Waals surface area contributed by atoms with Crippen LogP contribution in [0.5, 0.6) is 0 Å². The molecule has 0 bridgehead atoms. The number of rotatable bonds is 4. The number of halogens is 1. The number of allylic oxidation sites excluding steroid dienone is 1. The van der Waals surface area contributed by atoms with Crippen LogP contribution in [0.15, 0.2) is 52.8 Å². The maximum absolute atomic E-state index is 9.00. The van der Waals surface area contributed by atoms with E-state index >= 15 is 0 Å². The normalized spacial score (nSPS) is 14.9. The summed E-state index contributed by atoms with van der Waals surface area (Å²) in [5.74, 6) is 1.49. The molecule has 9 heteroatoms. The molecular formula is C29H50BBrN4O3. The molecule has 4 N–H and O–H groups in total. The third-order valence-electron chi connectivity index (χ3n) is 4.87. The van der Waals surface area contributed by atoms with Gasteiger partial charge in [-0.05, 0) is 67.4 Å². The highest BCUT2D eigenvalue weighted by molar-refractivity contribution is 9.10. The molecule has 0 unspecified atom stereocenters. The Morgan fingerprint density at radius 1 is 1.08 bits per heavy atom. The summed E-state index contributed by atoms with van der Waals surface area (Å²) in [6.07, 6.45) is 7.15. The van der Waals surface area contributed by atoms with Gasteiger partial charge < -0.3 is 25.6 Å². The van der Waals surface area contributed by atoms with Crippen molar-refractivity contribution in [1.82, 2.24) is 9.97 Å². The molecule has 1 aromatic heterocycles. The molecule has 1 fully saturated rings. The van der Waals surface area contributed by atoms with Gasteiger partial charge in [0.25, 0.3) is 0 Å². The lowest BCUT2D eigenvalue weighted by Gasteiger charge is -2.32. The fourth-order valence-corrected chi connectivity index (χ4v) is 2.65. The lowest BCUT2D eigenvalue weighted by Crippen LogP contribution is -2.41.